The molecule has 0 amide bonds. The molecule has 4 nitrogen and oxygen atoms in total. The highest BCUT2D eigenvalue weighted by atomic mass is 15.0. The minimum absolute atomic E-state index is 0.500. The van der Waals surface area contributed by atoms with Gasteiger partial charge in [0.05, 0.1) is 12.0 Å². The first-order valence-corrected chi connectivity index (χ1v) is 3.83. The first kappa shape index (κ1) is 13.3. The van der Waals surface area contributed by atoms with Gasteiger partial charge in [-0.05, 0) is 13.1 Å². The number of nitrogens with two attached hydrogens (primary N) is 2. The lowest BCUT2D eigenvalue weighted by atomic mass is 10.4. The van der Waals surface area contributed by atoms with Gasteiger partial charge in [-0.3, -0.25) is 0 Å². The lowest BCUT2D eigenvalue weighted by molar-refractivity contribution is 1.31. The van der Waals surface area contributed by atoms with Gasteiger partial charge in [-0.15, -0.1) is 0 Å². The predicted octanol–water partition coefficient (Wildman–Crippen LogP) is 1.24. The van der Waals surface area contributed by atoms with E-state index in [0.717, 1.165) is 5.69 Å². The van der Waals surface area contributed by atoms with E-state index in [2.05, 4.69) is 22.3 Å². The highest BCUT2D eigenvalue weighted by molar-refractivity contribution is 5.54. The summed E-state index contributed by atoms with van der Waals surface area (Å²) in [7, 11) is 1.50. The Labute approximate surface area is 73.7 Å². The fraction of sp³-hybridized carbons (Fsp3) is 0.375. The number of H-pyrrole nitrogens is 1. The molecule has 0 aromatic carbocycles. The normalized spacial score (nSPS) is 7.00. The number of aromatic amines is 1. The van der Waals surface area contributed by atoms with E-state index in [1.807, 2.05) is 13.8 Å². The molecule has 0 aliphatic carbocycles. The second-order valence-corrected chi connectivity index (χ2v) is 1.41. The van der Waals surface area contributed by atoms with Crippen LogP contribution in [-0.4, -0.2) is 17.0 Å². The van der Waals surface area contributed by atoms with Crippen molar-refractivity contribution in [3.05, 3.63) is 18.6 Å². The number of hydrogen-bond donors (Lipinski definition) is 3. The van der Waals surface area contributed by atoms with Crippen LogP contribution < -0.4 is 11.5 Å². The van der Waals surface area contributed by atoms with Gasteiger partial charge in [-0.2, -0.15) is 0 Å². The quantitative estimate of drug-likeness (QED) is 0.593. The summed E-state index contributed by atoms with van der Waals surface area (Å²) in [6.07, 6.45) is 3.16. The third-order valence-corrected chi connectivity index (χ3v) is 0.904. The van der Waals surface area contributed by atoms with E-state index in [1.165, 1.54) is 13.4 Å². The zero-order chi connectivity index (χ0) is 9.98. The van der Waals surface area contributed by atoms with Crippen LogP contribution in [-0.2, 0) is 0 Å². The zero-order valence-corrected chi connectivity index (χ0v) is 7.96. The molecule has 70 valence electrons. The summed E-state index contributed by atoms with van der Waals surface area (Å²) in [5, 5.41) is 0. The summed E-state index contributed by atoms with van der Waals surface area (Å²) in [4.78, 5) is 6.54. The standard InChI is InChI=1S/C5H7N3.C2H6.CH5N/c1-2-4-5(6)8-3-7-4;2*1-2/h2-3H,1,6H2,(H,7,8);1-2H3;2H2,1H3. The number of aromatic nitrogens is 2. The van der Waals surface area contributed by atoms with Crippen LogP contribution in [0.25, 0.3) is 6.08 Å². The monoisotopic (exact) mass is 170 g/mol. The molecular weight excluding hydrogens is 152 g/mol. The molecule has 0 aliphatic rings. The van der Waals surface area contributed by atoms with Gasteiger partial charge in [0, 0.05) is 0 Å². The average Bonchev–Trinajstić information content (AvgIpc) is 2.58. The van der Waals surface area contributed by atoms with Crippen molar-refractivity contribution in [3.63, 3.8) is 0 Å². The Morgan fingerprint density at radius 1 is 1.50 bits per heavy atom. The fourth-order valence-electron chi connectivity index (χ4n) is 0.478. The van der Waals surface area contributed by atoms with Crippen LogP contribution in [0.2, 0.25) is 0 Å². The predicted molar refractivity (Wildman–Crippen MR) is 54.6 cm³/mol. The van der Waals surface area contributed by atoms with Crippen molar-refractivity contribution in [2.24, 2.45) is 5.73 Å². The molecular formula is C8H18N4. The number of nitrogens with zero attached hydrogens (tertiary/aromatic N) is 1. The third-order valence-electron chi connectivity index (χ3n) is 0.904. The molecule has 0 spiro atoms. The average molecular weight is 170 g/mol. The molecule has 0 atom stereocenters. The Balaban J connectivity index is 0. The molecule has 0 radical (unpaired) electrons. The van der Waals surface area contributed by atoms with E-state index in [-0.39, 0.29) is 0 Å². The fourth-order valence-corrected chi connectivity index (χ4v) is 0.478. The summed E-state index contributed by atoms with van der Waals surface area (Å²) in [5.41, 5.74) is 10.6. The van der Waals surface area contributed by atoms with E-state index in [9.17, 15) is 0 Å². The van der Waals surface area contributed by atoms with E-state index >= 15 is 0 Å². The topological polar surface area (TPSA) is 80.7 Å². The Morgan fingerprint density at radius 3 is 2.17 bits per heavy atom. The summed E-state index contributed by atoms with van der Waals surface area (Å²) in [5.74, 6) is 0.500. The summed E-state index contributed by atoms with van der Waals surface area (Å²) < 4.78 is 0. The third kappa shape index (κ3) is 4.51. The first-order valence-electron chi connectivity index (χ1n) is 3.83. The summed E-state index contributed by atoms with van der Waals surface area (Å²) in [6, 6.07) is 0. The molecule has 12 heavy (non-hydrogen) atoms. The van der Waals surface area contributed by atoms with Crippen molar-refractivity contribution in [3.8, 4) is 0 Å². The molecule has 0 aliphatic heterocycles. The van der Waals surface area contributed by atoms with Crippen molar-refractivity contribution in [1.29, 1.82) is 0 Å². The van der Waals surface area contributed by atoms with Crippen molar-refractivity contribution in [2.75, 3.05) is 12.8 Å². The Morgan fingerprint density at radius 2 is 2.00 bits per heavy atom. The smallest absolute Gasteiger partial charge is 0.148 e. The first-order chi connectivity index (χ1) is 5.84. The minimum atomic E-state index is 0.500. The van der Waals surface area contributed by atoms with E-state index in [1.54, 1.807) is 6.08 Å². The van der Waals surface area contributed by atoms with E-state index in [0.29, 0.717) is 5.82 Å². The number of nitrogen functional groups attached to an aromatic ring is 1. The van der Waals surface area contributed by atoms with Crippen LogP contribution in [0, 0.1) is 0 Å². The van der Waals surface area contributed by atoms with Crippen LogP contribution in [0.3, 0.4) is 0 Å². The lowest BCUT2D eigenvalue weighted by Gasteiger charge is -1.82. The summed E-state index contributed by atoms with van der Waals surface area (Å²) in [6.45, 7) is 7.51. The Hall–Kier alpha value is -1.29. The van der Waals surface area contributed by atoms with E-state index < -0.39 is 0 Å². The molecule has 5 N–H and O–H groups in total. The molecule has 1 rings (SSSR count). The van der Waals surface area contributed by atoms with Crippen LogP contribution in [0.15, 0.2) is 12.9 Å². The number of imidazole rings is 1. The van der Waals surface area contributed by atoms with E-state index in [4.69, 9.17) is 5.73 Å². The van der Waals surface area contributed by atoms with Crippen LogP contribution in [0.5, 0.6) is 0 Å². The molecule has 0 unspecified atom stereocenters. The van der Waals surface area contributed by atoms with Crippen molar-refractivity contribution in [2.45, 2.75) is 13.8 Å². The van der Waals surface area contributed by atoms with Gasteiger partial charge in [0.2, 0.25) is 0 Å². The maximum atomic E-state index is 5.34. The highest BCUT2D eigenvalue weighted by Gasteiger charge is 1.91. The van der Waals surface area contributed by atoms with Gasteiger partial charge in [0.25, 0.3) is 0 Å². The molecule has 1 aromatic rings. The van der Waals surface area contributed by atoms with Crippen LogP contribution in [0.4, 0.5) is 5.82 Å². The number of anilines is 1. The van der Waals surface area contributed by atoms with Gasteiger partial charge in [0.15, 0.2) is 0 Å². The molecule has 0 saturated heterocycles. The number of rotatable bonds is 1. The largest absolute Gasteiger partial charge is 0.382 e. The zero-order valence-electron chi connectivity index (χ0n) is 7.96. The van der Waals surface area contributed by atoms with Crippen molar-refractivity contribution < 1.29 is 0 Å². The molecule has 1 heterocycles. The van der Waals surface area contributed by atoms with Gasteiger partial charge in [0.1, 0.15) is 5.82 Å². The van der Waals surface area contributed by atoms with Crippen molar-refractivity contribution >= 4 is 11.9 Å². The molecule has 0 fully saturated rings. The molecule has 0 saturated carbocycles. The molecule has 4 heteroatoms. The maximum absolute atomic E-state index is 5.34. The minimum Gasteiger partial charge on any atom is -0.382 e. The van der Waals surface area contributed by atoms with Gasteiger partial charge in [-0.25, -0.2) is 4.98 Å². The number of hydrogen-bond acceptors (Lipinski definition) is 3. The molecule has 1 aromatic heterocycles. The van der Waals surface area contributed by atoms with Crippen molar-refractivity contribution in [1.82, 2.24) is 9.97 Å². The van der Waals surface area contributed by atoms with Crippen LogP contribution in [0.1, 0.15) is 19.5 Å². The van der Waals surface area contributed by atoms with Crippen LogP contribution >= 0.6 is 0 Å². The SMILES string of the molecule is C=Cc1[nH]cnc1N.CC.CN. The Bertz CT molecular complexity index is 193. The maximum Gasteiger partial charge on any atom is 0.148 e. The summed E-state index contributed by atoms with van der Waals surface area (Å²) >= 11 is 0. The lowest BCUT2D eigenvalue weighted by Crippen LogP contribution is -1.85. The second-order valence-electron chi connectivity index (χ2n) is 1.41. The van der Waals surface area contributed by atoms with Gasteiger partial charge < -0.3 is 16.5 Å². The number of nitrogens with one attached hydrogen (secondary N) is 1. The second kappa shape index (κ2) is 9.71. The van der Waals surface area contributed by atoms with Gasteiger partial charge in [-0.1, -0.05) is 20.4 Å². The Kier molecular flexibility index (Phi) is 10.8. The molecule has 0 bridgehead atoms. The highest BCUT2D eigenvalue weighted by Crippen LogP contribution is 2.03. The van der Waals surface area contributed by atoms with Gasteiger partial charge >= 0.3 is 0 Å².